The fourth-order valence-corrected chi connectivity index (χ4v) is 2.81. The molecule has 0 saturated carbocycles. The molecule has 0 radical (unpaired) electrons. The maximum atomic E-state index is 12.4. The van der Waals surface area contributed by atoms with Gasteiger partial charge in [0, 0.05) is 45.1 Å². The molecule has 3 rings (SSSR count). The third-order valence-corrected chi connectivity index (χ3v) is 4.00. The van der Waals surface area contributed by atoms with E-state index in [4.69, 9.17) is 4.52 Å². The van der Waals surface area contributed by atoms with E-state index in [-0.39, 0.29) is 11.9 Å². The number of aromatic nitrogens is 3. The number of aryl methyl sites for hydroxylation is 1. The van der Waals surface area contributed by atoms with Crippen molar-refractivity contribution < 1.29 is 9.32 Å². The van der Waals surface area contributed by atoms with Crippen LogP contribution in [-0.4, -0.2) is 56.6 Å². The molecule has 112 valence electrons. The molecule has 1 aliphatic rings. The highest BCUT2D eigenvalue weighted by atomic mass is 16.5. The van der Waals surface area contributed by atoms with Gasteiger partial charge in [-0.2, -0.15) is 0 Å². The molecule has 1 amide bonds. The van der Waals surface area contributed by atoms with Crippen molar-refractivity contribution in [3.05, 3.63) is 36.2 Å². The second-order valence-electron chi connectivity index (χ2n) is 5.18. The number of likely N-dealkylation sites (N-methyl/N-ethyl adjacent to an activating group) is 1. The Balaban J connectivity index is 1.81. The SMILES string of the molecule is CCN1CCN(C(=O)c2ccon2)C[C@H]1c1nccn1C. The lowest BCUT2D eigenvalue weighted by Gasteiger charge is -2.40. The number of amides is 1. The van der Waals surface area contributed by atoms with E-state index < -0.39 is 0 Å². The zero-order valence-electron chi connectivity index (χ0n) is 12.3. The van der Waals surface area contributed by atoms with Gasteiger partial charge in [-0.05, 0) is 6.54 Å². The molecule has 0 N–H and O–H groups in total. The summed E-state index contributed by atoms with van der Waals surface area (Å²) in [6.07, 6.45) is 5.15. The molecular formula is C14H19N5O2. The van der Waals surface area contributed by atoms with Crippen molar-refractivity contribution in [3.8, 4) is 0 Å². The Morgan fingerprint density at radius 2 is 2.33 bits per heavy atom. The summed E-state index contributed by atoms with van der Waals surface area (Å²) < 4.78 is 6.77. The number of rotatable bonds is 3. The topological polar surface area (TPSA) is 67.4 Å². The lowest BCUT2D eigenvalue weighted by molar-refractivity contribution is 0.0464. The van der Waals surface area contributed by atoms with Crippen molar-refractivity contribution in [1.82, 2.24) is 24.5 Å². The third kappa shape index (κ3) is 2.56. The molecule has 21 heavy (non-hydrogen) atoms. The van der Waals surface area contributed by atoms with Gasteiger partial charge < -0.3 is 14.0 Å². The Hall–Kier alpha value is -2.15. The largest absolute Gasteiger partial charge is 0.364 e. The minimum atomic E-state index is -0.0845. The molecule has 1 fully saturated rings. The van der Waals surface area contributed by atoms with Gasteiger partial charge in [-0.25, -0.2) is 4.98 Å². The highest BCUT2D eigenvalue weighted by Gasteiger charge is 2.32. The molecule has 0 aliphatic carbocycles. The predicted molar refractivity (Wildman–Crippen MR) is 75.6 cm³/mol. The van der Waals surface area contributed by atoms with E-state index in [1.165, 1.54) is 6.26 Å². The zero-order valence-corrected chi connectivity index (χ0v) is 12.3. The van der Waals surface area contributed by atoms with Crippen molar-refractivity contribution in [2.45, 2.75) is 13.0 Å². The monoisotopic (exact) mass is 289 g/mol. The lowest BCUT2D eigenvalue weighted by atomic mass is 10.1. The number of carbonyl (C=O) groups excluding carboxylic acids is 1. The van der Waals surface area contributed by atoms with E-state index in [2.05, 4.69) is 22.0 Å². The van der Waals surface area contributed by atoms with Crippen LogP contribution in [0.15, 0.2) is 29.2 Å². The number of carbonyl (C=O) groups is 1. The fourth-order valence-electron chi connectivity index (χ4n) is 2.81. The highest BCUT2D eigenvalue weighted by molar-refractivity contribution is 5.92. The Morgan fingerprint density at radius 1 is 1.48 bits per heavy atom. The minimum Gasteiger partial charge on any atom is -0.364 e. The van der Waals surface area contributed by atoms with Crippen LogP contribution in [0.5, 0.6) is 0 Å². The molecule has 1 saturated heterocycles. The lowest BCUT2D eigenvalue weighted by Crippen LogP contribution is -2.51. The maximum Gasteiger partial charge on any atom is 0.276 e. The average molecular weight is 289 g/mol. The van der Waals surface area contributed by atoms with Gasteiger partial charge in [0.1, 0.15) is 12.1 Å². The first-order valence-electron chi connectivity index (χ1n) is 7.11. The van der Waals surface area contributed by atoms with E-state index in [1.54, 1.807) is 12.3 Å². The molecule has 7 heteroatoms. The van der Waals surface area contributed by atoms with E-state index in [9.17, 15) is 4.79 Å². The Morgan fingerprint density at radius 3 is 2.95 bits per heavy atom. The van der Waals surface area contributed by atoms with Crippen LogP contribution in [0.1, 0.15) is 29.3 Å². The zero-order chi connectivity index (χ0) is 14.8. The van der Waals surface area contributed by atoms with Crippen LogP contribution in [0.3, 0.4) is 0 Å². The van der Waals surface area contributed by atoms with E-state index in [0.717, 1.165) is 18.9 Å². The molecular weight excluding hydrogens is 270 g/mol. The number of nitrogens with zero attached hydrogens (tertiary/aromatic N) is 5. The smallest absolute Gasteiger partial charge is 0.276 e. The molecule has 0 unspecified atom stereocenters. The van der Waals surface area contributed by atoms with Gasteiger partial charge in [0.15, 0.2) is 5.69 Å². The van der Waals surface area contributed by atoms with Gasteiger partial charge in [-0.3, -0.25) is 9.69 Å². The van der Waals surface area contributed by atoms with Gasteiger partial charge in [-0.1, -0.05) is 12.1 Å². The van der Waals surface area contributed by atoms with Gasteiger partial charge in [0.05, 0.1) is 6.04 Å². The quantitative estimate of drug-likeness (QED) is 0.841. The first-order valence-corrected chi connectivity index (χ1v) is 7.11. The van der Waals surface area contributed by atoms with Crippen molar-refractivity contribution in [2.24, 2.45) is 7.05 Å². The minimum absolute atomic E-state index is 0.0845. The van der Waals surface area contributed by atoms with Gasteiger partial charge in [-0.15, -0.1) is 0 Å². The molecule has 0 bridgehead atoms. The summed E-state index contributed by atoms with van der Waals surface area (Å²) in [5, 5.41) is 3.74. The molecule has 1 atom stereocenters. The van der Waals surface area contributed by atoms with Crippen LogP contribution in [-0.2, 0) is 7.05 Å². The van der Waals surface area contributed by atoms with Crippen molar-refractivity contribution in [2.75, 3.05) is 26.2 Å². The number of imidazole rings is 1. The molecule has 3 heterocycles. The Kier molecular flexibility index (Phi) is 3.74. The maximum absolute atomic E-state index is 12.4. The van der Waals surface area contributed by atoms with Gasteiger partial charge in [0.25, 0.3) is 5.91 Å². The molecule has 7 nitrogen and oxygen atoms in total. The van der Waals surface area contributed by atoms with Crippen LogP contribution >= 0.6 is 0 Å². The highest BCUT2D eigenvalue weighted by Crippen LogP contribution is 2.24. The first-order chi connectivity index (χ1) is 10.2. The van der Waals surface area contributed by atoms with E-state index in [1.807, 2.05) is 22.7 Å². The summed E-state index contributed by atoms with van der Waals surface area (Å²) in [7, 11) is 1.98. The van der Waals surface area contributed by atoms with Crippen LogP contribution in [0.4, 0.5) is 0 Å². The second-order valence-corrected chi connectivity index (χ2v) is 5.18. The Bertz CT molecular complexity index is 607. The van der Waals surface area contributed by atoms with Gasteiger partial charge in [0.2, 0.25) is 0 Å². The van der Waals surface area contributed by atoms with Crippen LogP contribution in [0.25, 0.3) is 0 Å². The van der Waals surface area contributed by atoms with Crippen molar-refractivity contribution in [3.63, 3.8) is 0 Å². The first kappa shape index (κ1) is 13.8. The fraction of sp³-hybridized carbons (Fsp3) is 0.500. The number of hydrogen-bond acceptors (Lipinski definition) is 5. The van der Waals surface area contributed by atoms with Crippen LogP contribution in [0.2, 0.25) is 0 Å². The van der Waals surface area contributed by atoms with Crippen molar-refractivity contribution in [1.29, 1.82) is 0 Å². The average Bonchev–Trinajstić information content (AvgIpc) is 3.17. The summed E-state index contributed by atoms with van der Waals surface area (Å²) in [5.41, 5.74) is 0.360. The Labute approximate surface area is 123 Å². The number of hydrogen-bond donors (Lipinski definition) is 0. The summed E-state index contributed by atoms with van der Waals surface area (Å²) >= 11 is 0. The normalized spacial score (nSPS) is 19.9. The van der Waals surface area contributed by atoms with Crippen molar-refractivity contribution >= 4 is 5.91 Å². The van der Waals surface area contributed by atoms with Crippen LogP contribution in [0, 0.1) is 0 Å². The summed E-state index contributed by atoms with van der Waals surface area (Å²) in [6.45, 7) is 5.21. The molecule has 0 aromatic carbocycles. The molecule has 0 spiro atoms. The van der Waals surface area contributed by atoms with E-state index in [0.29, 0.717) is 18.8 Å². The van der Waals surface area contributed by atoms with Crippen LogP contribution < -0.4 is 0 Å². The predicted octanol–water partition coefficient (Wildman–Crippen LogP) is 0.927. The molecule has 1 aliphatic heterocycles. The summed E-state index contributed by atoms with van der Waals surface area (Å²) in [4.78, 5) is 21.0. The molecule has 2 aromatic heterocycles. The third-order valence-electron chi connectivity index (χ3n) is 4.00. The second kappa shape index (κ2) is 5.69. The summed E-state index contributed by atoms with van der Waals surface area (Å²) in [6, 6.07) is 1.71. The summed E-state index contributed by atoms with van der Waals surface area (Å²) in [5.74, 6) is 0.896. The van der Waals surface area contributed by atoms with E-state index >= 15 is 0 Å². The molecule has 2 aromatic rings. The van der Waals surface area contributed by atoms with Gasteiger partial charge >= 0.3 is 0 Å². The standard InChI is InChI=1S/C14H19N5O2/c1-3-18-7-8-19(14(20)11-4-9-21-16-11)10-12(18)13-15-5-6-17(13)2/h4-6,9,12H,3,7-8,10H2,1-2H3/t12-/m0/s1. The number of piperazine rings is 1.